The summed E-state index contributed by atoms with van der Waals surface area (Å²) in [6.07, 6.45) is 4.78. The lowest BCUT2D eigenvalue weighted by atomic mass is 10.5. The molecule has 0 spiro atoms. The van der Waals surface area contributed by atoms with Crippen LogP contribution in [0.15, 0.2) is 24.4 Å². The van der Waals surface area contributed by atoms with Crippen molar-refractivity contribution in [2.45, 2.75) is 27.0 Å². The van der Waals surface area contributed by atoms with Crippen LogP contribution in [0.5, 0.6) is 0 Å². The van der Waals surface area contributed by atoms with Crippen molar-refractivity contribution in [1.82, 2.24) is 20.2 Å². The minimum Gasteiger partial charge on any atom is -0.354 e. The van der Waals surface area contributed by atoms with Gasteiger partial charge in [0.1, 0.15) is 5.03 Å². The minimum atomic E-state index is 0.641. The maximum atomic E-state index is 4.47. The average Bonchev–Trinajstić information content (AvgIpc) is 2.87. The first-order chi connectivity index (χ1) is 9.22. The van der Waals surface area contributed by atoms with E-state index in [1.807, 2.05) is 6.26 Å². The number of halogens is 1. The van der Waals surface area contributed by atoms with Crippen molar-refractivity contribution in [2.24, 2.45) is 0 Å². The van der Waals surface area contributed by atoms with E-state index >= 15 is 0 Å². The Morgan fingerprint density at radius 2 is 2.16 bits per heavy atom. The molecule has 5 nitrogen and oxygen atoms in total. The summed E-state index contributed by atoms with van der Waals surface area (Å²) in [6.45, 7) is 2.97. The van der Waals surface area contributed by atoms with Crippen LogP contribution in [-0.2, 0) is 0 Å². The molecule has 2 heterocycles. The summed E-state index contributed by atoms with van der Waals surface area (Å²) in [5.41, 5.74) is 0. The lowest BCUT2D eigenvalue weighted by Gasteiger charge is -2.05. The van der Waals surface area contributed by atoms with Crippen LogP contribution in [0.4, 0.5) is 5.95 Å². The second-order valence-electron chi connectivity index (χ2n) is 3.41. The number of rotatable bonds is 6. The van der Waals surface area contributed by atoms with E-state index in [1.165, 1.54) is 11.8 Å². The predicted molar refractivity (Wildman–Crippen MR) is 84.3 cm³/mol. The Balaban J connectivity index is 2.13. The van der Waals surface area contributed by atoms with E-state index < -0.39 is 0 Å². The zero-order valence-corrected chi connectivity index (χ0v) is 14.4. The second kappa shape index (κ2) is 7.41. The first kappa shape index (κ1) is 15.0. The number of hydrogen-bond donors (Lipinski definition) is 1. The Kier molecular flexibility index (Phi) is 5.86. The summed E-state index contributed by atoms with van der Waals surface area (Å²) >= 11 is 8.10. The summed E-state index contributed by atoms with van der Waals surface area (Å²) in [7, 11) is 0. The largest absolute Gasteiger partial charge is 0.354 e. The van der Waals surface area contributed by atoms with Crippen molar-refractivity contribution in [3.05, 3.63) is 10.7 Å². The molecule has 102 valence electrons. The highest BCUT2D eigenvalue weighted by Gasteiger charge is 2.11. The van der Waals surface area contributed by atoms with E-state index in [4.69, 9.17) is 0 Å². The Morgan fingerprint density at radius 3 is 2.84 bits per heavy atom. The van der Waals surface area contributed by atoms with Crippen LogP contribution in [0.2, 0.25) is 0 Å². The Bertz CT molecular complexity index is 548. The van der Waals surface area contributed by atoms with Gasteiger partial charge in [-0.15, -0.1) is 10.2 Å². The van der Waals surface area contributed by atoms with Gasteiger partial charge in [-0.1, -0.05) is 30.0 Å². The van der Waals surface area contributed by atoms with Gasteiger partial charge in [0, 0.05) is 12.7 Å². The molecule has 0 amide bonds. The van der Waals surface area contributed by atoms with Crippen molar-refractivity contribution in [1.29, 1.82) is 0 Å². The summed E-state index contributed by atoms with van der Waals surface area (Å²) in [5, 5.41) is 12.2. The molecule has 0 unspecified atom stereocenters. The van der Waals surface area contributed by atoms with E-state index in [-0.39, 0.29) is 0 Å². The fourth-order valence-electron chi connectivity index (χ4n) is 1.15. The molecule has 0 saturated heterocycles. The quantitative estimate of drug-likeness (QED) is 0.606. The minimum absolute atomic E-state index is 0.641. The summed E-state index contributed by atoms with van der Waals surface area (Å²) in [4.78, 5) is 8.69. The van der Waals surface area contributed by atoms with Crippen molar-refractivity contribution >= 4 is 56.7 Å². The Hall–Kier alpha value is -0.380. The van der Waals surface area contributed by atoms with Crippen LogP contribution in [0.25, 0.3) is 0 Å². The molecule has 0 bridgehead atoms. The molecule has 0 radical (unpaired) electrons. The third-order valence-corrected chi connectivity index (χ3v) is 5.79. The van der Waals surface area contributed by atoms with Gasteiger partial charge in [-0.05, 0) is 40.4 Å². The first-order valence-corrected chi connectivity index (χ1v) is 9.19. The average molecular weight is 378 g/mol. The lowest BCUT2D eigenvalue weighted by molar-refractivity contribution is 0.926. The summed E-state index contributed by atoms with van der Waals surface area (Å²) < 4.78 is 2.70. The van der Waals surface area contributed by atoms with Gasteiger partial charge in [0.15, 0.2) is 8.68 Å². The van der Waals surface area contributed by atoms with Gasteiger partial charge in [0.2, 0.25) is 5.95 Å². The molecule has 0 aromatic carbocycles. The SMILES string of the molecule is CCCNc1ncc(Br)c(Sc2nnc(SC)s2)n1. The van der Waals surface area contributed by atoms with E-state index in [0.717, 1.165) is 31.1 Å². The highest BCUT2D eigenvalue weighted by Crippen LogP contribution is 2.35. The number of nitrogens with one attached hydrogen (secondary N) is 1. The van der Waals surface area contributed by atoms with Crippen molar-refractivity contribution in [2.75, 3.05) is 18.1 Å². The highest BCUT2D eigenvalue weighted by atomic mass is 79.9. The van der Waals surface area contributed by atoms with Crippen LogP contribution >= 0.6 is 50.8 Å². The molecule has 2 aromatic rings. The standard InChI is InChI=1S/C10H12BrN5S3/c1-3-4-12-8-13-5-6(11)7(14-8)18-10-16-15-9(17-2)19-10/h5H,3-4H2,1-2H3,(H,12,13,14). The zero-order valence-electron chi connectivity index (χ0n) is 10.4. The molecule has 19 heavy (non-hydrogen) atoms. The van der Waals surface area contributed by atoms with Crippen LogP contribution in [0, 0.1) is 0 Å². The molecule has 1 N–H and O–H groups in total. The fourth-order valence-corrected chi connectivity index (χ4v) is 3.92. The number of anilines is 1. The van der Waals surface area contributed by atoms with Gasteiger partial charge in [-0.25, -0.2) is 9.97 Å². The predicted octanol–water partition coefficient (Wildman–Crippen LogP) is 3.79. The van der Waals surface area contributed by atoms with Crippen molar-refractivity contribution < 1.29 is 0 Å². The number of aromatic nitrogens is 4. The molecular weight excluding hydrogens is 366 g/mol. The van der Waals surface area contributed by atoms with E-state index in [2.05, 4.69) is 48.3 Å². The van der Waals surface area contributed by atoms with Gasteiger partial charge in [0.25, 0.3) is 0 Å². The van der Waals surface area contributed by atoms with Crippen LogP contribution in [0.3, 0.4) is 0 Å². The lowest BCUT2D eigenvalue weighted by Crippen LogP contribution is -2.04. The molecule has 2 rings (SSSR count). The molecule has 0 aliphatic heterocycles. The smallest absolute Gasteiger partial charge is 0.223 e. The van der Waals surface area contributed by atoms with Crippen LogP contribution in [-0.4, -0.2) is 33.0 Å². The van der Waals surface area contributed by atoms with Gasteiger partial charge in [-0.2, -0.15) is 0 Å². The monoisotopic (exact) mass is 377 g/mol. The fraction of sp³-hybridized carbons (Fsp3) is 0.400. The maximum Gasteiger partial charge on any atom is 0.223 e. The Labute approximate surface area is 132 Å². The van der Waals surface area contributed by atoms with E-state index in [1.54, 1.807) is 29.3 Å². The maximum absolute atomic E-state index is 4.47. The van der Waals surface area contributed by atoms with Crippen LogP contribution in [0.1, 0.15) is 13.3 Å². The highest BCUT2D eigenvalue weighted by molar-refractivity contribution is 9.10. The molecular formula is C10H12BrN5S3. The van der Waals surface area contributed by atoms with Gasteiger partial charge < -0.3 is 5.32 Å². The molecule has 0 aliphatic rings. The second-order valence-corrected chi connectivity index (χ2v) is 7.53. The molecule has 0 aliphatic carbocycles. The molecule has 2 aromatic heterocycles. The molecule has 9 heteroatoms. The van der Waals surface area contributed by atoms with Crippen molar-refractivity contribution in [3.63, 3.8) is 0 Å². The summed E-state index contributed by atoms with van der Waals surface area (Å²) in [6, 6.07) is 0. The van der Waals surface area contributed by atoms with Gasteiger partial charge >= 0.3 is 0 Å². The summed E-state index contributed by atoms with van der Waals surface area (Å²) in [5.74, 6) is 0.641. The van der Waals surface area contributed by atoms with E-state index in [0.29, 0.717) is 5.95 Å². The first-order valence-electron chi connectivity index (χ1n) is 5.54. The zero-order chi connectivity index (χ0) is 13.7. The third kappa shape index (κ3) is 4.30. The third-order valence-electron chi connectivity index (χ3n) is 1.99. The molecule has 0 saturated carbocycles. The van der Waals surface area contributed by atoms with E-state index in [9.17, 15) is 0 Å². The van der Waals surface area contributed by atoms with Gasteiger partial charge in [0.05, 0.1) is 4.47 Å². The van der Waals surface area contributed by atoms with Gasteiger partial charge in [-0.3, -0.25) is 0 Å². The normalized spacial score (nSPS) is 10.7. The Morgan fingerprint density at radius 1 is 1.37 bits per heavy atom. The topological polar surface area (TPSA) is 63.6 Å². The van der Waals surface area contributed by atoms with Crippen molar-refractivity contribution in [3.8, 4) is 0 Å². The molecule has 0 fully saturated rings. The van der Waals surface area contributed by atoms with Crippen LogP contribution < -0.4 is 5.32 Å². The number of hydrogen-bond acceptors (Lipinski definition) is 8. The number of thioether (sulfide) groups is 1. The molecule has 0 atom stereocenters. The number of nitrogens with zero attached hydrogens (tertiary/aromatic N) is 4.